The molecule has 2 nitrogen and oxygen atoms in total. The van der Waals surface area contributed by atoms with E-state index < -0.39 is 0 Å². The van der Waals surface area contributed by atoms with Crippen LogP contribution in [0.25, 0.3) is 10.9 Å². The van der Waals surface area contributed by atoms with E-state index in [1.54, 1.807) is 0 Å². The Balaban J connectivity index is 2.13. The fourth-order valence-electron chi connectivity index (χ4n) is 2.22. The molecule has 0 spiro atoms. The third-order valence-corrected chi connectivity index (χ3v) is 3.90. The van der Waals surface area contributed by atoms with Crippen molar-refractivity contribution in [2.24, 2.45) is 0 Å². The maximum absolute atomic E-state index is 6.27. The lowest BCUT2D eigenvalue weighted by Gasteiger charge is -2.24. The van der Waals surface area contributed by atoms with Gasteiger partial charge < -0.3 is 0 Å². The highest BCUT2D eigenvalue weighted by Gasteiger charge is 2.23. The lowest BCUT2D eigenvalue weighted by atomic mass is 9.85. The summed E-state index contributed by atoms with van der Waals surface area (Å²) in [5.41, 5.74) is 2.25. The lowest BCUT2D eigenvalue weighted by Crippen LogP contribution is -2.12. The molecule has 0 aliphatic heterocycles. The lowest BCUT2D eigenvalue weighted by molar-refractivity contribution is 0.402. The van der Waals surface area contributed by atoms with E-state index in [4.69, 9.17) is 11.6 Å². The Morgan fingerprint density at radius 1 is 1.29 bits per heavy atom. The summed E-state index contributed by atoms with van der Waals surface area (Å²) in [5.74, 6) is 1.46. The van der Waals surface area contributed by atoms with E-state index in [9.17, 15) is 0 Å². The van der Waals surface area contributed by atoms with Crippen molar-refractivity contribution in [2.75, 3.05) is 0 Å². The summed E-state index contributed by atoms with van der Waals surface area (Å²) in [5, 5.41) is 1.58. The summed E-state index contributed by atoms with van der Waals surface area (Å²) in [4.78, 5) is 9.09. The van der Waals surface area contributed by atoms with Crippen LogP contribution >= 0.6 is 11.6 Å². The molecular formula is C14H15ClN2. The first-order valence-corrected chi connectivity index (χ1v) is 6.62. The minimum atomic E-state index is 0.530. The quantitative estimate of drug-likeness (QED) is 0.745. The van der Waals surface area contributed by atoms with Crippen molar-refractivity contribution in [2.45, 2.75) is 38.5 Å². The first-order valence-electron chi connectivity index (χ1n) is 6.24. The normalized spacial score (nSPS) is 16.1. The summed E-state index contributed by atoms with van der Waals surface area (Å²) in [6.07, 6.45) is 4.71. The smallest absolute Gasteiger partial charge is 0.140 e. The molecule has 0 amide bonds. The van der Waals surface area contributed by atoms with Gasteiger partial charge in [-0.3, -0.25) is 0 Å². The average Bonchev–Trinajstić information content (AvgIpc) is 2.26. The van der Waals surface area contributed by atoms with Crippen LogP contribution in [0.2, 0.25) is 5.15 Å². The van der Waals surface area contributed by atoms with Crippen LogP contribution in [-0.2, 0) is 6.42 Å². The van der Waals surface area contributed by atoms with E-state index >= 15 is 0 Å². The highest BCUT2D eigenvalue weighted by atomic mass is 35.5. The number of benzene rings is 1. The van der Waals surface area contributed by atoms with E-state index in [0.717, 1.165) is 23.1 Å². The van der Waals surface area contributed by atoms with Crippen LogP contribution in [0.1, 0.15) is 43.5 Å². The topological polar surface area (TPSA) is 25.8 Å². The Morgan fingerprint density at radius 2 is 2.12 bits per heavy atom. The predicted octanol–water partition coefficient (Wildman–Crippen LogP) is 4.11. The van der Waals surface area contributed by atoms with Gasteiger partial charge in [-0.1, -0.05) is 31.0 Å². The zero-order valence-electron chi connectivity index (χ0n) is 9.91. The van der Waals surface area contributed by atoms with Gasteiger partial charge in [0.2, 0.25) is 0 Å². The Morgan fingerprint density at radius 3 is 2.76 bits per heavy atom. The molecule has 0 saturated heterocycles. The fourth-order valence-corrected chi connectivity index (χ4v) is 2.46. The largest absolute Gasteiger partial charge is 0.232 e. The molecule has 0 unspecified atom stereocenters. The number of hydrogen-bond donors (Lipinski definition) is 0. The summed E-state index contributed by atoms with van der Waals surface area (Å²) in [7, 11) is 0. The van der Waals surface area contributed by atoms with Crippen molar-refractivity contribution in [1.82, 2.24) is 9.97 Å². The van der Waals surface area contributed by atoms with E-state index in [2.05, 4.69) is 35.1 Å². The monoisotopic (exact) mass is 246 g/mol. The van der Waals surface area contributed by atoms with Crippen molar-refractivity contribution in [3.05, 3.63) is 34.7 Å². The fraction of sp³-hybridized carbons (Fsp3) is 0.429. The molecule has 1 aliphatic rings. The molecule has 3 heteroatoms. The standard InChI is InChI=1S/C14H15ClN2/c1-2-9-6-7-12-11(8-9)13(15)17-14(16-12)10-4-3-5-10/h6-8,10H,2-5H2,1H3. The molecule has 2 aromatic rings. The van der Waals surface area contributed by atoms with Crippen LogP contribution < -0.4 is 0 Å². The van der Waals surface area contributed by atoms with Gasteiger partial charge in [0, 0.05) is 11.3 Å². The molecule has 1 aromatic heterocycles. The van der Waals surface area contributed by atoms with Crippen molar-refractivity contribution >= 4 is 22.5 Å². The Bertz CT molecular complexity index is 561. The molecule has 1 aliphatic carbocycles. The zero-order valence-corrected chi connectivity index (χ0v) is 10.7. The molecule has 1 aromatic carbocycles. The van der Waals surface area contributed by atoms with Crippen LogP contribution in [0.4, 0.5) is 0 Å². The molecule has 1 saturated carbocycles. The second-order valence-electron chi connectivity index (χ2n) is 4.71. The minimum Gasteiger partial charge on any atom is -0.232 e. The van der Waals surface area contributed by atoms with Crippen molar-refractivity contribution in [1.29, 1.82) is 0 Å². The molecular weight excluding hydrogens is 232 g/mol. The van der Waals surface area contributed by atoms with Gasteiger partial charge >= 0.3 is 0 Å². The van der Waals surface area contributed by atoms with E-state index in [-0.39, 0.29) is 0 Å². The Kier molecular flexibility index (Phi) is 2.75. The third-order valence-electron chi connectivity index (χ3n) is 3.61. The van der Waals surface area contributed by atoms with Crippen molar-refractivity contribution < 1.29 is 0 Å². The first kappa shape index (κ1) is 11.0. The van der Waals surface area contributed by atoms with Gasteiger partial charge in [0.05, 0.1) is 5.52 Å². The van der Waals surface area contributed by atoms with Crippen LogP contribution in [-0.4, -0.2) is 9.97 Å². The average molecular weight is 247 g/mol. The zero-order chi connectivity index (χ0) is 11.8. The molecule has 17 heavy (non-hydrogen) atoms. The van der Waals surface area contributed by atoms with E-state index in [1.807, 2.05) is 0 Å². The van der Waals surface area contributed by atoms with E-state index in [1.165, 1.54) is 24.8 Å². The molecule has 88 valence electrons. The van der Waals surface area contributed by atoms with Gasteiger partial charge in [-0.2, -0.15) is 0 Å². The number of aromatic nitrogens is 2. The van der Waals surface area contributed by atoms with Crippen molar-refractivity contribution in [3.8, 4) is 0 Å². The molecule has 0 N–H and O–H groups in total. The maximum atomic E-state index is 6.27. The number of aryl methyl sites for hydroxylation is 1. The molecule has 1 heterocycles. The van der Waals surface area contributed by atoms with Crippen molar-refractivity contribution in [3.63, 3.8) is 0 Å². The van der Waals surface area contributed by atoms with Crippen LogP contribution in [0, 0.1) is 0 Å². The number of rotatable bonds is 2. The Labute approximate surface area is 106 Å². The number of halogens is 1. The highest BCUT2D eigenvalue weighted by molar-refractivity contribution is 6.34. The van der Waals surface area contributed by atoms with Gasteiger partial charge in [0.15, 0.2) is 0 Å². The number of nitrogens with zero attached hydrogens (tertiary/aromatic N) is 2. The summed E-state index contributed by atoms with van der Waals surface area (Å²) in [6.45, 7) is 2.14. The van der Waals surface area contributed by atoms with Crippen LogP contribution in [0.5, 0.6) is 0 Å². The molecule has 0 atom stereocenters. The van der Waals surface area contributed by atoms with Gasteiger partial charge in [-0.25, -0.2) is 9.97 Å². The maximum Gasteiger partial charge on any atom is 0.140 e. The summed E-state index contributed by atoms with van der Waals surface area (Å²) >= 11 is 6.27. The second-order valence-corrected chi connectivity index (χ2v) is 5.06. The molecule has 0 radical (unpaired) electrons. The minimum absolute atomic E-state index is 0.530. The van der Waals surface area contributed by atoms with Gasteiger partial charge in [-0.15, -0.1) is 0 Å². The summed E-state index contributed by atoms with van der Waals surface area (Å²) < 4.78 is 0. The molecule has 0 bridgehead atoms. The highest BCUT2D eigenvalue weighted by Crippen LogP contribution is 2.36. The van der Waals surface area contributed by atoms with Gasteiger partial charge in [-0.05, 0) is 37.0 Å². The third kappa shape index (κ3) is 1.91. The predicted molar refractivity (Wildman–Crippen MR) is 70.5 cm³/mol. The summed E-state index contributed by atoms with van der Waals surface area (Å²) in [6, 6.07) is 6.28. The van der Waals surface area contributed by atoms with E-state index in [0.29, 0.717) is 11.1 Å². The van der Waals surface area contributed by atoms with Gasteiger partial charge in [0.1, 0.15) is 11.0 Å². The number of fused-ring (bicyclic) bond motifs is 1. The first-order chi connectivity index (χ1) is 8.28. The number of hydrogen-bond acceptors (Lipinski definition) is 2. The Hall–Kier alpha value is -1.15. The second kappa shape index (κ2) is 4.26. The molecule has 3 rings (SSSR count). The molecule has 1 fully saturated rings. The van der Waals surface area contributed by atoms with Gasteiger partial charge in [0.25, 0.3) is 0 Å². The SMILES string of the molecule is CCc1ccc2nc(C3CCC3)nc(Cl)c2c1. The van der Waals surface area contributed by atoms with Crippen LogP contribution in [0.15, 0.2) is 18.2 Å². The van der Waals surface area contributed by atoms with Crippen LogP contribution in [0.3, 0.4) is 0 Å².